The molecule has 0 aromatic carbocycles. The Balaban J connectivity index is 2.64. The Morgan fingerprint density at radius 3 is 2.81 bits per heavy atom. The third-order valence-electron chi connectivity index (χ3n) is 2.15. The van der Waals surface area contributed by atoms with Crippen LogP contribution in [0.2, 0.25) is 0 Å². The largest absolute Gasteiger partial charge is 0.370 e. The van der Waals surface area contributed by atoms with Crippen LogP contribution in [0.4, 0.5) is 10.2 Å². The van der Waals surface area contributed by atoms with Crippen molar-refractivity contribution < 1.29 is 4.39 Å². The summed E-state index contributed by atoms with van der Waals surface area (Å²) >= 11 is 0. The van der Waals surface area contributed by atoms with Gasteiger partial charge >= 0.3 is 0 Å². The van der Waals surface area contributed by atoms with Crippen molar-refractivity contribution in [3.8, 4) is 0 Å². The molecular weight excluding hydrogens is 205 g/mol. The lowest BCUT2D eigenvalue weighted by Crippen LogP contribution is -2.20. The molecule has 3 nitrogen and oxygen atoms in total. The highest BCUT2D eigenvalue weighted by molar-refractivity contribution is 5.43. The van der Waals surface area contributed by atoms with Gasteiger partial charge < -0.3 is 10.6 Å². The topological polar surface area (TPSA) is 37.0 Å². The van der Waals surface area contributed by atoms with Crippen LogP contribution in [0.3, 0.4) is 0 Å². The molecule has 1 aromatic heterocycles. The Morgan fingerprint density at radius 1 is 1.44 bits per heavy atom. The normalized spacial score (nSPS) is 10.8. The summed E-state index contributed by atoms with van der Waals surface area (Å²) in [4.78, 5) is 4.04. The van der Waals surface area contributed by atoms with Gasteiger partial charge in [-0.15, -0.1) is 0 Å². The van der Waals surface area contributed by atoms with Gasteiger partial charge in [0.2, 0.25) is 0 Å². The van der Waals surface area contributed by atoms with Crippen molar-refractivity contribution in [2.24, 2.45) is 5.92 Å². The van der Waals surface area contributed by atoms with E-state index in [1.54, 1.807) is 0 Å². The second-order valence-corrected chi connectivity index (χ2v) is 4.22. The van der Waals surface area contributed by atoms with Crippen LogP contribution >= 0.6 is 0 Å². The van der Waals surface area contributed by atoms with E-state index in [2.05, 4.69) is 29.5 Å². The SMILES string of the molecule is CCNc1ncc(F)cc1CNCC(C)C. The number of nitrogens with zero attached hydrogens (tertiary/aromatic N) is 1. The monoisotopic (exact) mass is 225 g/mol. The molecule has 16 heavy (non-hydrogen) atoms. The maximum absolute atomic E-state index is 13.1. The summed E-state index contributed by atoms with van der Waals surface area (Å²) in [5, 5.41) is 6.40. The standard InChI is InChI=1S/C12H20FN3/c1-4-15-12-10(5-11(13)8-16-12)7-14-6-9(2)3/h5,8-9,14H,4,6-7H2,1-3H3,(H,15,16). The van der Waals surface area contributed by atoms with E-state index in [1.807, 2.05) is 6.92 Å². The number of rotatable bonds is 6. The molecule has 2 N–H and O–H groups in total. The summed E-state index contributed by atoms with van der Waals surface area (Å²) in [6, 6.07) is 1.53. The first-order valence-electron chi connectivity index (χ1n) is 5.72. The summed E-state index contributed by atoms with van der Waals surface area (Å²) < 4.78 is 13.1. The number of halogens is 1. The molecule has 0 unspecified atom stereocenters. The molecule has 0 fully saturated rings. The third-order valence-corrected chi connectivity index (χ3v) is 2.15. The zero-order valence-electron chi connectivity index (χ0n) is 10.2. The number of nitrogens with one attached hydrogen (secondary N) is 2. The lowest BCUT2D eigenvalue weighted by atomic mass is 10.2. The van der Waals surface area contributed by atoms with Crippen molar-refractivity contribution >= 4 is 5.82 Å². The quantitative estimate of drug-likeness (QED) is 0.780. The van der Waals surface area contributed by atoms with Crippen LogP contribution < -0.4 is 10.6 Å². The van der Waals surface area contributed by atoms with Crippen LogP contribution in [0, 0.1) is 11.7 Å². The highest BCUT2D eigenvalue weighted by Gasteiger charge is 2.05. The minimum Gasteiger partial charge on any atom is -0.370 e. The van der Waals surface area contributed by atoms with Gasteiger partial charge in [0.05, 0.1) is 6.20 Å². The molecule has 0 saturated heterocycles. The molecule has 0 spiro atoms. The third kappa shape index (κ3) is 4.14. The van der Waals surface area contributed by atoms with Crippen LogP contribution in [-0.2, 0) is 6.54 Å². The first-order valence-corrected chi connectivity index (χ1v) is 5.72. The molecule has 0 aliphatic carbocycles. The highest BCUT2D eigenvalue weighted by Crippen LogP contribution is 2.13. The Labute approximate surface area is 96.5 Å². The summed E-state index contributed by atoms with van der Waals surface area (Å²) in [5.41, 5.74) is 0.877. The number of anilines is 1. The van der Waals surface area contributed by atoms with E-state index in [1.165, 1.54) is 12.3 Å². The van der Waals surface area contributed by atoms with E-state index in [0.717, 1.165) is 24.5 Å². The van der Waals surface area contributed by atoms with Gasteiger partial charge in [0, 0.05) is 18.7 Å². The van der Waals surface area contributed by atoms with Gasteiger partial charge in [0.25, 0.3) is 0 Å². The Kier molecular flexibility index (Phi) is 5.19. The minimum absolute atomic E-state index is 0.289. The highest BCUT2D eigenvalue weighted by atomic mass is 19.1. The summed E-state index contributed by atoms with van der Waals surface area (Å²) in [6.45, 7) is 8.63. The van der Waals surface area contributed by atoms with Crippen LogP contribution in [0.25, 0.3) is 0 Å². The van der Waals surface area contributed by atoms with Crippen LogP contribution in [0.15, 0.2) is 12.3 Å². The van der Waals surface area contributed by atoms with Gasteiger partial charge in [-0.2, -0.15) is 0 Å². The second-order valence-electron chi connectivity index (χ2n) is 4.22. The van der Waals surface area contributed by atoms with E-state index in [0.29, 0.717) is 12.5 Å². The molecule has 0 bridgehead atoms. The van der Waals surface area contributed by atoms with E-state index in [9.17, 15) is 4.39 Å². The molecule has 0 aliphatic heterocycles. The lowest BCUT2D eigenvalue weighted by molar-refractivity contribution is 0.549. The molecule has 0 atom stereocenters. The summed E-state index contributed by atoms with van der Waals surface area (Å²) in [5.74, 6) is 1.06. The Morgan fingerprint density at radius 2 is 2.19 bits per heavy atom. The first-order chi connectivity index (χ1) is 7.63. The van der Waals surface area contributed by atoms with Gasteiger partial charge in [0.15, 0.2) is 0 Å². The van der Waals surface area contributed by atoms with Gasteiger partial charge in [-0.1, -0.05) is 13.8 Å². The Bertz CT molecular complexity index is 326. The fourth-order valence-electron chi connectivity index (χ4n) is 1.44. The molecule has 0 amide bonds. The molecule has 0 aliphatic rings. The molecule has 1 aromatic rings. The predicted octanol–water partition coefficient (Wildman–Crippen LogP) is 2.40. The average molecular weight is 225 g/mol. The van der Waals surface area contributed by atoms with E-state index >= 15 is 0 Å². The number of pyridine rings is 1. The average Bonchev–Trinajstić information content (AvgIpc) is 2.21. The van der Waals surface area contributed by atoms with Crippen molar-refractivity contribution in [1.29, 1.82) is 0 Å². The zero-order chi connectivity index (χ0) is 12.0. The molecule has 90 valence electrons. The Hall–Kier alpha value is -1.16. The fourth-order valence-corrected chi connectivity index (χ4v) is 1.44. The maximum Gasteiger partial charge on any atom is 0.141 e. The van der Waals surface area contributed by atoms with Crippen molar-refractivity contribution in [2.75, 3.05) is 18.4 Å². The smallest absolute Gasteiger partial charge is 0.141 e. The van der Waals surface area contributed by atoms with Crippen molar-refractivity contribution in [2.45, 2.75) is 27.3 Å². The number of hydrogen-bond acceptors (Lipinski definition) is 3. The van der Waals surface area contributed by atoms with Gasteiger partial charge in [0.1, 0.15) is 11.6 Å². The molecule has 1 heterocycles. The van der Waals surface area contributed by atoms with Gasteiger partial charge in [-0.25, -0.2) is 9.37 Å². The fraction of sp³-hybridized carbons (Fsp3) is 0.583. The minimum atomic E-state index is -0.289. The van der Waals surface area contributed by atoms with E-state index < -0.39 is 0 Å². The van der Waals surface area contributed by atoms with Crippen molar-refractivity contribution in [3.63, 3.8) is 0 Å². The predicted molar refractivity (Wildman–Crippen MR) is 64.9 cm³/mol. The summed E-state index contributed by atoms with van der Waals surface area (Å²) in [7, 11) is 0. The van der Waals surface area contributed by atoms with Crippen molar-refractivity contribution in [1.82, 2.24) is 10.3 Å². The van der Waals surface area contributed by atoms with Crippen LogP contribution in [-0.4, -0.2) is 18.1 Å². The lowest BCUT2D eigenvalue weighted by Gasteiger charge is -2.11. The van der Waals surface area contributed by atoms with Crippen molar-refractivity contribution in [3.05, 3.63) is 23.6 Å². The van der Waals surface area contributed by atoms with Gasteiger partial charge in [-0.3, -0.25) is 0 Å². The zero-order valence-corrected chi connectivity index (χ0v) is 10.2. The molecule has 1 rings (SSSR count). The van der Waals surface area contributed by atoms with E-state index in [4.69, 9.17) is 0 Å². The second kappa shape index (κ2) is 6.43. The number of aromatic nitrogens is 1. The maximum atomic E-state index is 13.1. The van der Waals surface area contributed by atoms with Crippen LogP contribution in [0.1, 0.15) is 26.3 Å². The number of hydrogen-bond donors (Lipinski definition) is 2. The molecular formula is C12H20FN3. The molecule has 0 radical (unpaired) electrons. The molecule has 0 saturated carbocycles. The summed E-state index contributed by atoms with van der Waals surface area (Å²) in [6.07, 6.45) is 1.24. The molecule has 4 heteroatoms. The van der Waals surface area contributed by atoms with Gasteiger partial charge in [-0.05, 0) is 25.5 Å². The van der Waals surface area contributed by atoms with E-state index in [-0.39, 0.29) is 5.82 Å². The first kappa shape index (κ1) is 12.9. The van der Waals surface area contributed by atoms with Crippen LogP contribution in [0.5, 0.6) is 0 Å².